The van der Waals surface area contributed by atoms with Gasteiger partial charge in [0.25, 0.3) is 5.56 Å². The molecule has 24 heavy (non-hydrogen) atoms. The molecule has 2 aromatic rings. The van der Waals surface area contributed by atoms with Crippen molar-refractivity contribution in [2.24, 2.45) is 5.92 Å². The fourth-order valence-corrected chi connectivity index (χ4v) is 3.03. The average molecular weight is 329 g/mol. The lowest BCUT2D eigenvalue weighted by Crippen LogP contribution is -2.30. The molecule has 6 heteroatoms. The number of nitrogens with zero attached hydrogens (tertiary/aromatic N) is 2. The Kier molecular flexibility index (Phi) is 5.25. The topological polar surface area (TPSA) is 73.2 Å². The highest BCUT2D eigenvalue weighted by Crippen LogP contribution is 2.11. The van der Waals surface area contributed by atoms with Gasteiger partial charge in [-0.1, -0.05) is 12.1 Å². The van der Waals surface area contributed by atoms with Crippen LogP contribution >= 0.6 is 0 Å². The zero-order valence-corrected chi connectivity index (χ0v) is 14.0. The predicted octanol–water partition coefficient (Wildman–Crippen LogP) is 1.64. The number of amides is 1. The number of carbonyl (C=O) groups is 1. The molecule has 1 amide bonds. The van der Waals surface area contributed by atoms with Crippen LogP contribution in [0.15, 0.2) is 29.1 Å². The Morgan fingerprint density at radius 2 is 2.25 bits per heavy atom. The van der Waals surface area contributed by atoms with Crippen LogP contribution in [0.1, 0.15) is 25.1 Å². The molecule has 128 valence electrons. The van der Waals surface area contributed by atoms with E-state index >= 15 is 0 Å². The highest BCUT2D eigenvalue weighted by molar-refractivity contribution is 5.77. The van der Waals surface area contributed by atoms with Crippen LogP contribution in [0.5, 0.6) is 0 Å². The fourth-order valence-electron chi connectivity index (χ4n) is 3.03. The summed E-state index contributed by atoms with van der Waals surface area (Å²) in [7, 11) is 0. The molecule has 3 rings (SSSR count). The first-order valence-corrected chi connectivity index (χ1v) is 8.46. The van der Waals surface area contributed by atoms with Gasteiger partial charge in [0, 0.05) is 32.0 Å². The summed E-state index contributed by atoms with van der Waals surface area (Å²) in [4.78, 5) is 28.9. The second-order valence-electron chi connectivity index (χ2n) is 6.27. The van der Waals surface area contributed by atoms with Gasteiger partial charge in [-0.25, -0.2) is 4.98 Å². The van der Waals surface area contributed by atoms with Crippen molar-refractivity contribution >= 4 is 16.8 Å². The number of carbonyl (C=O) groups excluding carboxylic acids is 1. The van der Waals surface area contributed by atoms with Gasteiger partial charge in [0.15, 0.2) is 0 Å². The molecule has 1 aliphatic heterocycles. The first-order valence-electron chi connectivity index (χ1n) is 8.46. The minimum absolute atomic E-state index is 0.0290. The van der Waals surface area contributed by atoms with Crippen molar-refractivity contribution in [1.82, 2.24) is 14.9 Å². The summed E-state index contributed by atoms with van der Waals surface area (Å²) in [5.74, 6) is 1.15. The minimum atomic E-state index is -0.0402. The molecule has 0 aliphatic carbocycles. The van der Waals surface area contributed by atoms with Gasteiger partial charge in [0.1, 0.15) is 5.82 Å². The van der Waals surface area contributed by atoms with Crippen LogP contribution in [0.4, 0.5) is 0 Å². The standard InChI is InChI=1S/C18H23N3O3/c1-13-20-16-6-3-2-5-15(16)18(23)21(13)9-4-7-17(22)19-11-14-8-10-24-12-14/h2-3,5-6,14H,4,7-12H2,1H3,(H,19,22)/t14-/m1/s1. The Morgan fingerprint density at radius 3 is 3.04 bits per heavy atom. The van der Waals surface area contributed by atoms with Crippen LogP contribution in [0.25, 0.3) is 10.9 Å². The number of hydrogen-bond acceptors (Lipinski definition) is 4. The maximum Gasteiger partial charge on any atom is 0.261 e. The van der Waals surface area contributed by atoms with E-state index in [-0.39, 0.29) is 11.5 Å². The lowest BCUT2D eigenvalue weighted by atomic mass is 10.1. The van der Waals surface area contributed by atoms with Crippen molar-refractivity contribution in [3.8, 4) is 0 Å². The Labute approximate surface area is 140 Å². The molecule has 6 nitrogen and oxygen atoms in total. The maximum atomic E-state index is 12.5. The van der Waals surface area contributed by atoms with Gasteiger partial charge in [-0.15, -0.1) is 0 Å². The molecular weight excluding hydrogens is 306 g/mol. The largest absolute Gasteiger partial charge is 0.381 e. The number of ether oxygens (including phenoxy) is 1. The first kappa shape index (κ1) is 16.6. The molecule has 1 saturated heterocycles. The summed E-state index contributed by atoms with van der Waals surface area (Å²) >= 11 is 0. The Hall–Kier alpha value is -2.21. The molecule has 0 spiro atoms. The van der Waals surface area contributed by atoms with Gasteiger partial charge in [-0.2, -0.15) is 0 Å². The number of hydrogen-bond donors (Lipinski definition) is 1. The summed E-state index contributed by atoms with van der Waals surface area (Å²) in [6.45, 7) is 4.53. The van der Waals surface area contributed by atoms with E-state index in [4.69, 9.17) is 4.74 Å². The van der Waals surface area contributed by atoms with Crippen LogP contribution in [0, 0.1) is 12.8 Å². The van der Waals surface area contributed by atoms with Gasteiger partial charge in [-0.3, -0.25) is 14.2 Å². The summed E-state index contributed by atoms with van der Waals surface area (Å²) in [6.07, 6.45) is 2.04. The number of benzene rings is 1. The van der Waals surface area contributed by atoms with Crippen molar-refractivity contribution in [2.75, 3.05) is 19.8 Å². The molecule has 1 aromatic carbocycles. The van der Waals surface area contributed by atoms with Gasteiger partial charge in [-0.05, 0) is 31.9 Å². The molecule has 0 unspecified atom stereocenters. The Bertz CT molecular complexity index is 779. The second kappa shape index (κ2) is 7.57. The number of aryl methyl sites for hydroxylation is 1. The van der Waals surface area contributed by atoms with Gasteiger partial charge in [0.2, 0.25) is 5.91 Å². The van der Waals surface area contributed by atoms with E-state index in [1.807, 2.05) is 25.1 Å². The highest BCUT2D eigenvalue weighted by Gasteiger charge is 2.16. The fraction of sp³-hybridized carbons (Fsp3) is 0.500. The zero-order valence-electron chi connectivity index (χ0n) is 14.0. The Morgan fingerprint density at radius 1 is 1.42 bits per heavy atom. The molecule has 2 heterocycles. The van der Waals surface area contributed by atoms with E-state index in [0.29, 0.717) is 48.6 Å². The van der Waals surface area contributed by atoms with Crippen molar-refractivity contribution in [3.05, 3.63) is 40.4 Å². The molecular formula is C18H23N3O3. The molecule has 0 radical (unpaired) electrons. The molecule has 1 fully saturated rings. The minimum Gasteiger partial charge on any atom is -0.381 e. The summed E-state index contributed by atoms with van der Waals surface area (Å²) in [5.41, 5.74) is 0.675. The van der Waals surface area contributed by atoms with Crippen LogP contribution in [-0.2, 0) is 16.1 Å². The van der Waals surface area contributed by atoms with E-state index in [1.165, 1.54) is 0 Å². The van der Waals surface area contributed by atoms with E-state index in [1.54, 1.807) is 10.6 Å². The molecule has 1 aliphatic rings. The van der Waals surface area contributed by atoms with Crippen molar-refractivity contribution < 1.29 is 9.53 Å². The smallest absolute Gasteiger partial charge is 0.261 e. The van der Waals surface area contributed by atoms with E-state index in [0.717, 1.165) is 19.6 Å². The zero-order chi connectivity index (χ0) is 16.9. The molecule has 1 atom stereocenters. The van der Waals surface area contributed by atoms with E-state index in [2.05, 4.69) is 10.3 Å². The summed E-state index contributed by atoms with van der Waals surface area (Å²) in [6, 6.07) is 7.34. The van der Waals surface area contributed by atoms with Crippen LogP contribution in [0.3, 0.4) is 0 Å². The van der Waals surface area contributed by atoms with Crippen molar-refractivity contribution in [3.63, 3.8) is 0 Å². The predicted molar refractivity (Wildman–Crippen MR) is 91.9 cm³/mol. The number of nitrogens with one attached hydrogen (secondary N) is 1. The monoisotopic (exact) mass is 329 g/mol. The quantitative estimate of drug-likeness (QED) is 0.874. The normalized spacial score (nSPS) is 17.3. The summed E-state index contributed by atoms with van der Waals surface area (Å²) < 4.78 is 6.95. The SMILES string of the molecule is Cc1nc2ccccc2c(=O)n1CCCC(=O)NC[C@H]1CCOC1. The lowest BCUT2D eigenvalue weighted by Gasteiger charge is -2.12. The summed E-state index contributed by atoms with van der Waals surface area (Å²) in [5, 5.41) is 3.57. The second-order valence-corrected chi connectivity index (χ2v) is 6.27. The van der Waals surface area contributed by atoms with Gasteiger partial charge < -0.3 is 10.1 Å². The van der Waals surface area contributed by atoms with Crippen LogP contribution in [0.2, 0.25) is 0 Å². The van der Waals surface area contributed by atoms with Gasteiger partial charge >= 0.3 is 0 Å². The third-order valence-corrected chi connectivity index (χ3v) is 4.45. The van der Waals surface area contributed by atoms with Gasteiger partial charge in [0.05, 0.1) is 17.5 Å². The lowest BCUT2D eigenvalue weighted by molar-refractivity contribution is -0.121. The van der Waals surface area contributed by atoms with Crippen LogP contribution < -0.4 is 10.9 Å². The number of para-hydroxylation sites is 1. The Balaban J connectivity index is 1.55. The average Bonchev–Trinajstić information content (AvgIpc) is 3.09. The van der Waals surface area contributed by atoms with Crippen LogP contribution in [-0.4, -0.2) is 35.2 Å². The van der Waals surface area contributed by atoms with Crippen molar-refractivity contribution in [2.45, 2.75) is 32.7 Å². The maximum absolute atomic E-state index is 12.5. The molecule has 1 aromatic heterocycles. The number of aromatic nitrogens is 2. The molecule has 0 bridgehead atoms. The number of rotatable bonds is 6. The first-order chi connectivity index (χ1) is 11.6. The van der Waals surface area contributed by atoms with E-state index < -0.39 is 0 Å². The van der Waals surface area contributed by atoms with Crippen molar-refractivity contribution in [1.29, 1.82) is 0 Å². The van der Waals surface area contributed by atoms with E-state index in [9.17, 15) is 9.59 Å². The highest BCUT2D eigenvalue weighted by atomic mass is 16.5. The molecule has 1 N–H and O–H groups in total. The third-order valence-electron chi connectivity index (χ3n) is 4.45. The third kappa shape index (κ3) is 3.82. The molecule has 0 saturated carbocycles. The number of fused-ring (bicyclic) bond motifs is 1.